The van der Waals surface area contributed by atoms with Crippen molar-refractivity contribution in [2.75, 3.05) is 13.2 Å². The van der Waals surface area contributed by atoms with Crippen LogP contribution in [-0.4, -0.2) is 25.2 Å². The standard InChI is InChI=1S/C14H15NO2/c16-14(13-9-5-11-17-13)15-10-4-8-12-6-2-1-3-7-12/h1-3,6-7,13H,5,9-11H2,(H,15,16)/t13-/m1/s1. The lowest BCUT2D eigenvalue weighted by molar-refractivity contribution is -0.129. The molecular formula is C14H15NO2. The number of carbonyl (C=O) groups is 1. The number of benzene rings is 1. The van der Waals surface area contributed by atoms with E-state index in [0.29, 0.717) is 13.2 Å². The van der Waals surface area contributed by atoms with Crippen LogP contribution in [0.1, 0.15) is 18.4 Å². The van der Waals surface area contributed by atoms with Gasteiger partial charge < -0.3 is 10.1 Å². The van der Waals surface area contributed by atoms with Crippen LogP contribution in [0.3, 0.4) is 0 Å². The first-order valence-corrected chi connectivity index (χ1v) is 5.79. The molecule has 1 amide bonds. The van der Waals surface area contributed by atoms with Crippen LogP contribution in [0.4, 0.5) is 0 Å². The Kier molecular flexibility index (Phi) is 4.17. The molecule has 1 fully saturated rings. The first-order valence-electron chi connectivity index (χ1n) is 5.79. The van der Waals surface area contributed by atoms with Gasteiger partial charge in [0.1, 0.15) is 6.10 Å². The van der Waals surface area contributed by atoms with Crippen molar-refractivity contribution in [1.82, 2.24) is 5.32 Å². The molecule has 1 atom stereocenters. The lowest BCUT2D eigenvalue weighted by Crippen LogP contribution is -2.34. The van der Waals surface area contributed by atoms with Crippen molar-refractivity contribution >= 4 is 5.91 Å². The summed E-state index contributed by atoms with van der Waals surface area (Å²) in [7, 11) is 0. The number of carbonyl (C=O) groups excluding carboxylic acids is 1. The largest absolute Gasteiger partial charge is 0.368 e. The van der Waals surface area contributed by atoms with E-state index in [1.54, 1.807) is 0 Å². The van der Waals surface area contributed by atoms with E-state index >= 15 is 0 Å². The predicted molar refractivity (Wildman–Crippen MR) is 65.3 cm³/mol. The Morgan fingerprint density at radius 1 is 1.41 bits per heavy atom. The van der Waals surface area contributed by atoms with Crippen LogP contribution in [0.15, 0.2) is 30.3 Å². The average Bonchev–Trinajstić information content (AvgIpc) is 2.89. The maximum Gasteiger partial charge on any atom is 0.249 e. The Morgan fingerprint density at radius 2 is 2.24 bits per heavy atom. The highest BCUT2D eigenvalue weighted by molar-refractivity contribution is 5.81. The average molecular weight is 229 g/mol. The summed E-state index contributed by atoms with van der Waals surface area (Å²) in [4.78, 5) is 11.6. The Bertz CT molecular complexity index is 425. The highest BCUT2D eigenvalue weighted by Gasteiger charge is 2.22. The Morgan fingerprint density at radius 3 is 2.94 bits per heavy atom. The zero-order valence-electron chi connectivity index (χ0n) is 9.61. The van der Waals surface area contributed by atoms with Crippen molar-refractivity contribution in [1.29, 1.82) is 0 Å². The minimum Gasteiger partial charge on any atom is -0.368 e. The molecule has 1 aliphatic heterocycles. The van der Waals surface area contributed by atoms with Crippen molar-refractivity contribution in [3.05, 3.63) is 35.9 Å². The van der Waals surface area contributed by atoms with E-state index in [4.69, 9.17) is 4.74 Å². The van der Waals surface area contributed by atoms with Crippen LogP contribution < -0.4 is 5.32 Å². The quantitative estimate of drug-likeness (QED) is 0.777. The molecule has 0 unspecified atom stereocenters. The van der Waals surface area contributed by atoms with E-state index in [-0.39, 0.29) is 12.0 Å². The van der Waals surface area contributed by atoms with Crippen LogP contribution in [0.5, 0.6) is 0 Å². The number of ether oxygens (including phenoxy) is 1. The fourth-order valence-corrected chi connectivity index (χ4v) is 1.70. The van der Waals surface area contributed by atoms with Gasteiger partial charge in [0.2, 0.25) is 5.91 Å². The number of rotatable bonds is 2. The lowest BCUT2D eigenvalue weighted by Gasteiger charge is -2.07. The fraction of sp³-hybridized carbons (Fsp3) is 0.357. The normalized spacial score (nSPS) is 18.2. The second-order valence-electron chi connectivity index (χ2n) is 3.89. The van der Waals surface area contributed by atoms with Crippen LogP contribution in [0, 0.1) is 11.8 Å². The molecule has 0 saturated carbocycles. The third-order valence-electron chi connectivity index (χ3n) is 2.58. The second-order valence-corrected chi connectivity index (χ2v) is 3.89. The van der Waals surface area contributed by atoms with E-state index in [0.717, 1.165) is 18.4 Å². The number of hydrogen-bond donors (Lipinski definition) is 1. The molecule has 88 valence electrons. The minimum absolute atomic E-state index is 0.0511. The smallest absolute Gasteiger partial charge is 0.249 e. The van der Waals surface area contributed by atoms with Gasteiger partial charge in [0.05, 0.1) is 6.54 Å². The molecule has 3 nitrogen and oxygen atoms in total. The highest BCUT2D eigenvalue weighted by atomic mass is 16.5. The molecule has 1 aromatic carbocycles. The van der Waals surface area contributed by atoms with Gasteiger partial charge in [-0.25, -0.2) is 0 Å². The molecule has 1 aromatic rings. The first kappa shape index (κ1) is 11.7. The van der Waals surface area contributed by atoms with Crippen molar-refractivity contribution in [2.45, 2.75) is 18.9 Å². The van der Waals surface area contributed by atoms with Gasteiger partial charge in [0, 0.05) is 12.2 Å². The fourth-order valence-electron chi connectivity index (χ4n) is 1.70. The minimum atomic E-state index is -0.270. The summed E-state index contributed by atoms with van der Waals surface area (Å²) in [5, 5.41) is 2.76. The topological polar surface area (TPSA) is 38.3 Å². The molecule has 0 aliphatic carbocycles. The van der Waals surface area contributed by atoms with E-state index in [1.165, 1.54) is 0 Å². The molecule has 1 N–H and O–H groups in total. The first-order chi connectivity index (χ1) is 8.36. The van der Waals surface area contributed by atoms with E-state index in [2.05, 4.69) is 17.2 Å². The van der Waals surface area contributed by atoms with E-state index < -0.39 is 0 Å². The van der Waals surface area contributed by atoms with Crippen molar-refractivity contribution in [2.24, 2.45) is 0 Å². The molecule has 17 heavy (non-hydrogen) atoms. The summed E-state index contributed by atoms with van der Waals surface area (Å²) in [5.74, 6) is 5.85. The van der Waals surface area contributed by atoms with Gasteiger partial charge in [-0.05, 0) is 25.0 Å². The number of hydrogen-bond acceptors (Lipinski definition) is 2. The molecule has 0 radical (unpaired) electrons. The summed E-state index contributed by atoms with van der Waals surface area (Å²) in [5.41, 5.74) is 0.957. The monoisotopic (exact) mass is 229 g/mol. The summed E-state index contributed by atoms with van der Waals surface area (Å²) in [6, 6.07) is 9.71. The maximum absolute atomic E-state index is 11.6. The van der Waals surface area contributed by atoms with Crippen molar-refractivity contribution < 1.29 is 9.53 Å². The third-order valence-corrected chi connectivity index (χ3v) is 2.58. The van der Waals surface area contributed by atoms with Gasteiger partial charge in [0.25, 0.3) is 0 Å². The Balaban J connectivity index is 1.76. The zero-order valence-corrected chi connectivity index (χ0v) is 9.61. The SMILES string of the molecule is O=C(NCC#Cc1ccccc1)[C@H]1CCCO1. The van der Waals surface area contributed by atoms with Crippen LogP contribution in [0.2, 0.25) is 0 Å². The zero-order chi connectivity index (χ0) is 11.9. The van der Waals surface area contributed by atoms with E-state index in [9.17, 15) is 4.79 Å². The molecule has 0 bridgehead atoms. The van der Waals surface area contributed by atoms with Gasteiger partial charge >= 0.3 is 0 Å². The molecule has 1 aliphatic rings. The lowest BCUT2D eigenvalue weighted by atomic mass is 10.2. The van der Waals surface area contributed by atoms with Gasteiger partial charge in [-0.15, -0.1) is 0 Å². The Labute approximate surface area is 101 Å². The van der Waals surface area contributed by atoms with E-state index in [1.807, 2.05) is 30.3 Å². The number of nitrogens with one attached hydrogen (secondary N) is 1. The van der Waals surface area contributed by atoms with Crippen LogP contribution >= 0.6 is 0 Å². The van der Waals surface area contributed by atoms with Gasteiger partial charge in [-0.1, -0.05) is 30.0 Å². The van der Waals surface area contributed by atoms with Crippen LogP contribution in [-0.2, 0) is 9.53 Å². The van der Waals surface area contributed by atoms with Gasteiger partial charge in [-0.3, -0.25) is 4.79 Å². The Hall–Kier alpha value is -1.79. The maximum atomic E-state index is 11.6. The van der Waals surface area contributed by atoms with Crippen molar-refractivity contribution in [3.8, 4) is 11.8 Å². The molecule has 0 aromatic heterocycles. The summed E-state index contributed by atoms with van der Waals surface area (Å²) < 4.78 is 5.27. The molecule has 3 heteroatoms. The molecule has 2 rings (SSSR count). The van der Waals surface area contributed by atoms with Gasteiger partial charge in [0.15, 0.2) is 0 Å². The summed E-state index contributed by atoms with van der Waals surface area (Å²) in [6.07, 6.45) is 1.51. The van der Waals surface area contributed by atoms with Crippen molar-refractivity contribution in [3.63, 3.8) is 0 Å². The predicted octanol–water partition coefficient (Wildman–Crippen LogP) is 1.33. The van der Waals surface area contributed by atoms with Gasteiger partial charge in [-0.2, -0.15) is 0 Å². The summed E-state index contributed by atoms with van der Waals surface area (Å²) in [6.45, 7) is 1.06. The molecule has 0 spiro atoms. The molecular weight excluding hydrogens is 214 g/mol. The molecule has 1 heterocycles. The highest BCUT2D eigenvalue weighted by Crippen LogP contribution is 2.11. The van der Waals surface area contributed by atoms with Crippen LogP contribution in [0.25, 0.3) is 0 Å². The summed E-state index contributed by atoms with van der Waals surface area (Å²) >= 11 is 0. The number of amides is 1. The molecule has 1 saturated heterocycles. The second kappa shape index (κ2) is 6.07. The third kappa shape index (κ3) is 3.61.